The molecular weight excluding hydrogens is 223 g/mol. The van der Waals surface area contributed by atoms with Crippen LogP contribution < -0.4 is 5.73 Å². The predicted molar refractivity (Wildman–Crippen MR) is 59.9 cm³/mol. The molecule has 92 valence electrons. The number of hydrogen-bond donors (Lipinski definition) is 1. The number of hydrogen-bond acceptors (Lipinski definition) is 2. The second-order valence-electron chi connectivity index (χ2n) is 3.86. The van der Waals surface area contributed by atoms with Crippen molar-refractivity contribution < 1.29 is 13.2 Å². The molecule has 0 radical (unpaired) electrons. The van der Waals surface area contributed by atoms with Crippen LogP contribution in [0.25, 0.3) is 0 Å². The van der Waals surface area contributed by atoms with Gasteiger partial charge >= 0.3 is 5.51 Å². The van der Waals surface area contributed by atoms with Crippen LogP contribution >= 0.6 is 11.8 Å². The fourth-order valence-corrected chi connectivity index (χ4v) is 2.12. The molecule has 0 saturated heterocycles. The van der Waals surface area contributed by atoms with Crippen LogP contribution in [0.2, 0.25) is 0 Å². The lowest BCUT2D eigenvalue weighted by Crippen LogP contribution is -2.39. The molecule has 0 aromatic carbocycles. The highest BCUT2D eigenvalue weighted by molar-refractivity contribution is 8.00. The van der Waals surface area contributed by atoms with Crippen molar-refractivity contribution in [1.82, 2.24) is 0 Å². The Bertz CT molecular complexity index is 173. The molecule has 0 heterocycles. The van der Waals surface area contributed by atoms with Crippen LogP contribution in [-0.4, -0.2) is 16.8 Å². The Kier molecular flexibility index (Phi) is 6.68. The molecule has 0 aliphatic carbocycles. The molecule has 0 aliphatic rings. The van der Waals surface area contributed by atoms with Gasteiger partial charge in [0.1, 0.15) is 0 Å². The Morgan fingerprint density at radius 1 is 1.13 bits per heavy atom. The smallest absolute Gasteiger partial charge is 0.325 e. The molecule has 0 saturated carbocycles. The van der Waals surface area contributed by atoms with E-state index in [1.807, 2.05) is 6.92 Å². The second-order valence-corrected chi connectivity index (χ2v) is 5.02. The van der Waals surface area contributed by atoms with Crippen LogP contribution in [0.5, 0.6) is 0 Å². The van der Waals surface area contributed by atoms with Crippen molar-refractivity contribution in [2.24, 2.45) is 5.73 Å². The minimum atomic E-state index is -4.13. The minimum absolute atomic E-state index is 0.0293. The summed E-state index contributed by atoms with van der Waals surface area (Å²) in [4.78, 5) is 0. The van der Waals surface area contributed by atoms with E-state index in [0.717, 1.165) is 25.7 Å². The Morgan fingerprint density at radius 3 is 2.13 bits per heavy atom. The molecule has 5 heteroatoms. The summed E-state index contributed by atoms with van der Waals surface area (Å²) >= 11 is 0.0293. The van der Waals surface area contributed by atoms with Crippen molar-refractivity contribution in [2.75, 3.05) is 5.75 Å². The molecule has 0 fully saturated rings. The van der Waals surface area contributed by atoms with Gasteiger partial charge in [-0.2, -0.15) is 13.2 Å². The number of thioether (sulfide) groups is 1. The number of halogens is 3. The van der Waals surface area contributed by atoms with E-state index < -0.39 is 11.0 Å². The molecule has 0 aromatic heterocycles. The third-order valence-corrected chi connectivity index (χ3v) is 3.33. The van der Waals surface area contributed by atoms with Crippen molar-refractivity contribution in [3.05, 3.63) is 0 Å². The van der Waals surface area contributed by atoms with E-state index in [2.05, 4.69) is 6.92 Å². The SMILES string of the molecule is CCCCC(N)(CC)CCSC(F)(F)F. The molecule has 1 unspecified atom stereocenters. The molecule has 1 nitrogen and oxygen atoms in total. The molecule has 0 aliphatic heterocycles. The van der Waals surface area contributed by atoms with E-state index in [0.29, 0.717) is 6.42 Å². The first-order valence-electron chi connectivity index (χ1n) is 5.32. The molecule has 15 heavy (non-hydrogen) atoms. The van der Waals surface area contributed by atoms with E-state index in [1.165, 1.54) is 0 Å². The van der Waals surface area contributed by atoms with Crippen LogP contribution in [0.15, 0.2) is 0 Å². The molecule has 0 aromatic rings. The van der Waals surface area contributed by atoms with Gasteiger partial charge in [0.15, 0.2) is 0 Å². The monoisotopic (exact) mass is 243 g/mol. The normalized spacial score (nSPS) is 16.4. The van der Waals surface area contributed by atoms with Gasteiger partial charge < -0.3 is 5.73 Å². The molecule has 0 spiro atoms. The maximum atomic E-state index is 11.9. The second kappa shape index (κ2) is 6.63. The van der Waals surface area contributed by atoms with E-state index in [9.17, 15) is 13.2 Å². The van der Waals surface area contributed by atoms with Crippen LogP contribution in [0.1, 0.15) is 46.0 Å². The first kappa shape index (κ1) is 15.1. The van der Waals surface area contributed by atoms with E-state index >= 15 is 0 Å². The van der Waals surface area contributed by atoms with E-state index in [-0.39, 0.29) is 17.5 Å². The van der Waals surface area contributed by atoms with Crippen LogP contribution in [-0.2, 0) is 0 Å². The van der Waals surface area contributed by atoms with Gasteiger partial charge in [0, 0.05) is 11.3 Å². The topological polar surface area (TPSA) is 26.0 Å². The van der Waals surface area contributed by atoms with Crippen molar-refractivity contribution >= 4 is 11.8 Å². The molecule has 0 bridgehead atoms. The van der Waals surface area contributed by atoms with Gasteiger partial charge in [-0.1, -0.05) is 38.5 Å². The Hall–Kier alpha value is 0.100. The summed E-state index contributed by atoms with van der Waals surface area (Å²) in [5.74, 6) is 0.0670. The highest BCUT2D eigenvalue weighted by atomic mass is 32.2. The molecule has 0 rings (SSSR count). The largest absolute Gasteiger partial charge is 0.441 e. The van der Waals surface area contributed by atoms with Crippen molar-refractivity contribution in [3.8, 4) is 0 Å². The van der Waals surface area contributed by atoms with Gasteiger partial charge in [0.05, 0.1) is 0 Å². The van der Waals surface area contributed by atoms with Gasteiger partial charge in [-0.15, -0.1) is 0 Å². The fourth-order valence-electron chi connectivity index (χ4n) is 1.38. The summed E-state index contributed by atoms with van der Waals surface area (Å²) in [6, 6.07) is 0. The first-order valence-corrected chi connectivity index (χ1v) is 6.31. The van der Waals surface area contributed by atoms with Crippen LogP contribution in [0.4, 0.5) is 13.2 Å². The van der Waals surface area contributed by atoms with Crippen molar-refractivity contribution in [1.29, 1.82) is 0 Å². The lowest BCUT2D eigenvalue weighted by atomic mass is 9.88. The lowest BCUT2D eigenvalue weighted by Gasteiger charge is -2.28. The number of unbranched alkanes of at least 4 members (excludes halogenated alkanes) is 1. The van der Waals surface area contributed by atoms with Crippen LogP contribution in [0.3, 0.4) is 0 Å². The van der Waals surface area contributed by atoms with Gasteiger partial charge in [0.25, 0.3) is 0 Å². The lowest BCUT2D eigenvalue weighted by molar-refractivity contribution is -0.0328. The Balaban J connectivity index is 3.87. The summed E-state index contributed by atoms with van der Waals surface area (Å²) in [6.45, 7) is 3.99. The van der Waals surface area contributed by atoms with Crippen molar-refractivity contribution in [2.45, 2.75) is 57.0 Å². The first-order chi connectivity index (χ1) is 6.83. The zero-order chi connectivity index (χ0) is 11.9. The number of rotatable bonds is 7. The predicted octanol–water partition coefficient (Wildman–Crippen LogP) is 3.93. The summed E-state index contributed by atoms with van der Waals surface area (Å²) in [5, 5.41) is 0. The standard InChI is InChI=1S/C10H20F3NS/c1-3-5-6-9(14,4-2)7-8-15-10(11,12)13/h3-8,14H2,1-2H3. The summed E-state index contributed by atoms with van der Waals surface area (Å²) in [5.41, 5.74) is 1.50. The summed E-state index contributed by atoms with van der Waals surface area (Å²) in [6.07, 6.45) is 4.02. The number of alkyl halides is 3. The highest BCUT2D eigenvalue weighted by Crippen LogP contribution is 2.32. The fraction of sp³-hybridized carbons (Fsp3) is 1.00. The minimum Gasteiger partial charge on any atom is -0.325 e. The Morgan fingerprint density at radius 2 is 1.73 bits per heavy atom. The van der Waals surface area contributed by atoms with Crippen molar-refractivity contribution in [3.63, 3.8) is 0 Å². The summed E-state index contributed by atoms with van der Waals surface area (Å²) in [7, 11) is 0. The van der Waals surface area contributed by atoms with Gasteiger partial charge in [-0.25, -0.2) is 0 Å². The third-order valence-electron chi connectivity index (χ3n) is 2.60. The maximum Gasteiger partial charge on any atom is 0.441 e. The van der Waals surface area contributed by atoms with E-state index in [4.69, 9.17) is 5.73 Å². The molecule has 2 N–H and O–H groups in total. The molecular formula is C10H20F3NS. The van der Waals surface area contributed by atoms with Crippen LogP contribution in [0, 0.1) is 0 Å². The average molecular weight is 243 g/mol. The molecule has 0 amide bonds. The Labute approximate surface area is 94.0 Å². The third kappa shape index (κ3) is 7.96. The quantitative estimate of drug-likeness (QED) is 0.733. The number of nitrogens with two attached hydrogens (primary N) is 1. The average Bonchev–Trinajstić information content (AvgIpc) is 2.13. The summed E-state index contributed by atoms with van der Waals surface area (Å²) < 4.78 is 35.7. The zero-order valence-electron chi connectivity index (χ0n) is 9.36. The van der Waals surface area contributed by atoms with Gasteiger partial charge in [-0.05, 0) is 19.3 Å². The van der Waals surface area contributed by atoms with E-state index in [1.54, 1.807) is 0 Å². The maximum absolute atomic E-state index is 11.9. The van der Waals surface area contributed by atoms with Gasteiger partial charge in [0.2, 0.25) is 0 Å². The molecule has 1 atom stereocenters. The highest BCUT2D eigenvalue weighted by Gasteiger charge is 2.30. The van der Waals surface area contributed by atoms with Gasteiger partial charge in [-0.3, -0.25) is 0 Å². The zero-order valence-corrected chi connectivity index (χ0v) is 10.2.